The van der Waals surface area contributed by atoms with E-state index in [9.17, 15) is 19.7 Å². The molecule has 2 amide bonds. The third-order valence-corrected chi connectivity index (χ3v) is 4.93. The molecule has 8 nitrogen and oxygen atoms in total. The molecule has 0 bridgehead atoms. The number of nitrogens with one attached hydrogen (secondary N) is 2. The molecule has 0 aromatic heterocycles. The molecule has 0 radical (unpaired) electrons. The summed E-state index contributed by atoms with van der Waals surface area (Å²) in [4.78, 5) is 35.1. The third-order valence-electron chi connectivity index (χ3n) is 4.26. The summed E-state index contributed by atoms with van der Waals surface area (Å²) in [6.45, 7) is 1.73. The Labute approximate surface area is 186 Å². The molecule has 2 N–H and O–H groups in total. The molecule has 0 aliphatic rings. The van der Waals surface area contributed by atoms with Gasteiger partial charge in [0, 0.05) is 23.0 Å². The fraction of sp³-hybridized carbons (Fsp3) is 0.0909. The lowest BCUT2D eigenvalue weighted by atomic mass is 10.2. The van der Waals surface area contributed by atoms with Crippen LogP contribution in [0.3, 0.4) is 0 Å². The Kier molecular flexibility index (Phi) is 6.99. The summed E-state index contributed by atoms with van der Waals surface area (Å²) in [5, 5.41) is 16.4. The number of rotatable bonds is 7. The van der Waals surface area contributed by atoms with Crippen molar-refractivity contribution >= 4 is 44.8 Å². The van der Waals surface area contributed by atoms with Crippen LogP contribution in [0.25, 0.3) is 0 Å². The van der Waals surface area contributed by atoms with Gasteiger partial charge in [-0.25, -0.2) is 0 Å². The molecule has 0 fully saturated rings. The zero-order valence-corrected chi connectivity index (χ0v) is 18.0. The zero-order valence-electron chi connectivity index (χ0n) is 16.4. The first-order valence-corrected chi connectivity index (χ1v) is 9.96. The smallest absolute Gasteiger partial charge is 0.284 e. The topological polar surface area (TPSA) is 111 Å². The molecule has 3 aromatic rings. The van der Waals surface area contributed by atoms with Crippen LogP contribution in [0, 0.1) is 17.0 Å². The number of ether oxygens (including phenoxy) is 1. The van der Waals surface area contributed by atoms with Crippen LogP contribution in [0.2, 0.25) is 0 Å². The van der Waals surface area contributed by atoms with Gasteiger partial charge in [-0.1, -0.05) is 24.3 Å². The number of para-hydroxylation sites is 1. The van der Waals surface area contributed by atoms with Crippen molar-refractivity contribution in [1.29, 1.82) is 0 Å². The van der Waals surface area contributed by atoms with E-state index in [2.05, 4.69) is 26.6 Å². The molecular weight excluding hydrogens is 466 g/mol. The molecule has 0 aliphatic heterocycles. The first kappa shape index (κ1) is 22.0. The maximum Gasteiger partial charge on any atom is 0.284 e. The lowest BCUT2D eigenvalue weighted by Gasteiger charge is -2.11. The van der Waals surface area contributed by atoms with Crippen LogP contribution in [0.4, 0.5) is 17.1 Å². The van der Waals surface area contributed by atoms with Crippen molar-refractivity contribution < 1.29 is 19.2 Å². The molecule has 0 unspecified atom stereocenters. The number of hydrogen-bond acceptors (Lipinski definition) is 5. The van der Waals surface area contributed by atoms with E-state index in [4.69, 9.17) is 4.74 Å². The van der Waals surface area contributed by atoms with E-state index in [1.807, 2.05) is 25.1 Å². The van der Waals surface area contributed by atoms with Crippen LogP contribution in [-0.2, 0) is 4.79 Å². The number of aryl methyl sites for hydroxylation is 1. The van der Waals surface area contributed by atoms with Crippen molar-refractivity contribution in [3.63, 3.8) is 0 Å². The van der Waals surface area contributed by atoms with Gasteiger partial charge in [-0.2, -0.15) is 0 Å². The Morgan fingerprint density at radius 1 is 1.00 bits per heavy atom. The Hall–Kier alpha value is -3.72. The minimum Gasteiger partial charge on any atom is -0.483 e. The van der Waals surface area contributed by atoms with Gasteiger partial charge >= 0.3 is 0 Å². The van der Waals surface area contributed by atoms with Crippen molar-refractivity contribution in [3.8, 4) is 5.75 Å². The first-order valence-electron chi connectivity index (χ1n) is 9.17. The van der Waals surface area contributed by atoms with Crippen LogP contribution in [-0.4, -0.2) is 23.3 Å². The number of carbonyl (C=O) groups excluding carboxylic acids is 2. The fourth-order valence-electron chi connectivity index (χ4n) is 2.73. The molecule has 3 rings (SSSR count). The highest BCUT2D eigenvalue weighted by Crippen LogP contribution is 2.26. The lowest BCUT2D eigenvalue weighted by Crippen LogP contribution is -2.20. The third kappa shape index (κ3) is 5.89. The molecule has 0 spiro atoms. The molecule has 3 aromatic carbocycles. The fourth-order valence-corrected chi connectivity index (χ4v) is 3.12. The van der Waals surface area contributed by atoms with E-state index in [0.29, 0.717) is 17.1 Å². The van der Waals surface area contributed by atoms with Gasteiger partial charge in [-0.15, -0.1) is 0 Å². The molecule has 158 valence electrons. The molecule has 0 aliphatic carbocycles. The molecular formula is C22H18BrN3O5. The number of nitro groups is 1. The zero-order chi connectivity index (χ0) is 22.4. The normalized spacial score (nSPS) is 10.3. The van der Waals surface area contributed by atoms with Crippen molar-refractivity contribution in [3.05, 3.63) is 92.4 Å². The van der Waals surface area contributed by atoms with Gasteiger partial charge < -0.3 is 15.4 Å². The van der Waals surface area contributed by atoms with Gasteiger partial charge in [-0.05, 0) is 64.8 Å². The number of amides is 2. The summed E-state index contributed by atoms with van der Waals surface area (Å²) < 4.78 is 5.81. The lowest BCUT2D eigenvalue weighted by molar-refractivity contribution is -0.385. The van der Waals surface area contributed by atoms with Gasteiger partial charge in [0.1, 0.15) is 5.75 Å². The Bertz CT molecular complexity index is 1150. The highest BCUT2D eigenvalue weighted by Gasteiger charge is 2.16. The Balaban J connectivity index is 1.63. The predicted octanol–water partition coefficient (Wildman–Crippen LogP) is 4.94. The standard InChI is InChI=1S/C22H18BrN3O5/c1-14-5-2-3-8-20(14)31-13-21(27)24-16-6-4-7-17(12-16)25-22(28)15-9-10-18(23)19(11-15)26(29)30/h2-12H,13H2,1H3,(H,24,27)(H,25,28). The molecule has 0 atom stereocenters. The largest absolute Gasteiger partial charge is 0.483 e. The number of carbonyl (C=O) groups is 2. The summed E-state index contributed by atoms with van der Waals surface area (Å²) in [5.74, 6) is -0.237. The molecule has 31 heavy (non-hydrogen) atoms. The second kappa shape index (κ2) is 9.86. The van der Waals surface area contributed by atoms with Crippen molar-refractivity contribution in [2.75, 3.05) is 17.2 Å². The summed E-state index contributed by atoms with van der Waals surface area (Å²) in [7, 11) is 0. The number of nitro benzene ring substituents is 1. The average Bonchev–Trinajstić information content (AvgIpc) is 2.73. The van der Waals surface area contributed by atoms with Crippen LogP contribution >= 0.6 is 15.9 Å². The molecule has 0 saturated heterocycles. The van der Waals surface area contributed by atoms with E-state index < -0.39 is 10.8 Å². The van der Waals surface area contributed by atoms with Gasteiger partial charge in [0.15, 0.2) is 6.61 Å². The highest BCUT2D eigenvalue weighted by molar-refractivity contribution is 9.10. The second-order valence-corrected chi connectivity index (χ2v) is 7.41. The monoisotopic (exact) mass is 483 g/mol. The molecule has 0 heterocycles. The molecule has 9 heteroatoms. The van der Waals surface area contributed by atoms with Gasteiger partial charge in [0.25, 0.3) is 17.5 Å². The van der Waals surface area contributed by atoms with Gasteiger partial charge in [0.2, 0.25) is 0 Å². The maximum absolute atomic E-state index is 12.5. The SMILES string of the molecule is Cc1ccccc1OCC(=O)Nc1cccc(NC(=O)c2ccc(Br)c([N+](=O)[O-])c2)c1. The number of nitrogens with zero attached hydrogens (tertiary/aromatic N) is 1. The summed E-state index contributed by atoms with van der Waals surface area (Å²) in [6, 6.07) is 18.0. The van der Waals surface area contributed by atoms with Crippen molar-refractivity contribution in [2.24, 2.45) is 0 Å². The highest BCUT2D eigenvalue weighted by atomic mass is 79.9. The van der Waals surface area contributed by atoms with Crippen molar-refractivity contribution in [2.45, 2.75) is 6.92 Å². The van der Waals surface area contributed by atoms with Crippen LogP contribution in [0.15, 0.2) is 71.2 Å². The van der Waals surface area contributed by atoms with Gasteiger partial charge in [-0.3, -0.25) is 19.7 Å². The van der Waals surface area contributed by atoms with Gasteiger partial charge in [0.05, 0.1) is 9.40 Å². The second-order valence-electron chi connectivity index (χ2n) is 6.56. The van der Waals surface area contributed by atoms with E-state index >= 15 is 0 Å². The maximum atomic E-state index is 12.5. The Morgan fingerprint density at radius 3 is 2.42 bits per heavy atom. The predicted molar refractivity (Wildman–Crippen MR) is 120 cm³/mol. The first-order chi connectivity index (χ1) is 14.8. The van der Waals surface area contributed by atoms with Crippen LogP contribution in [0.5, 0.6) is 5.75 Å². The summed E-state index contributed by atoms with van der Waals surface area (Å²) in [5.41, 5.74) is 1.75. The van der Waals surface area contributed by atoms with E-state index in [1.54, 1.807) is 30.3 Å². The number of hydrogen-bond donors (Lipinski definition) is 2. The average molecular weight is 484 g/mol. The minimum atomic E-state index is -0.573. The Morgan fingerprint density at radius 2 is 1.71 bits per heavy atom. The summed E-state index contributed by atoms with van der Waals surface area (Å²) >= 11 is 3.09. The van der Waals surface area contributed by atoms with E-state index in [-0.39, 0.29) is 28.2 Å². The van der Waals surface area contributed by atoms with Crippen LogP contribution in [0.1, 0.15) is 15.9 Å². The van der Waals surface area contributed by atoms with E-state index in [0.717, 1.165) is 5.56 Å². The molecule has 0 saturated carbocycles. The number of benzene rings is 3. The minimum absolute atomic E-state index is 0.135. The number of anilines is 2. The van der Waals surface area contributed by atoms with Crippen molar-refractivity contribution in [1.82, 2.24) is 0 Å². The number of halogens is 1. The van der Waals surface area contributed by atoms with E-state index in [1.165, 1.54) is 18.2 Å². The quantitative estimate of drug-likeness (QED) is 0.365. The van der Waals surface area contributed by atoms with Crippen LogP contribution < -0.4 is 15.4 Å². The summed E-state index contributed by atoms with van der Waals surface area (Å²) in [6.07, 6.45) is 0.